The molecule has 4 N–H and O–H groups in total. The molecule has 8 nitrogen and oxygen atoms in total. The van der Waals surface area contributed by atoms with E-state index in [4.69, 9.17) is 16.9 Å². The number of terminal acetylenes is 1. The summed E-state index contributed by atoms with van der Waals surface area (Å²) in [6, 6.07) is 4.87. The third-order valence-electron chi connectivity index (χ3n) is 5.19. The first-order valence-corrected chi connectivity index (χ1v) is 10.3. The van der Waals surface area contributed by atoms with E-state index in [1.165, 1.54) is 10.4 Å². The van der Waals surface area contributed by atoms with Gasteiger partial charge in [0, 0.05) is 18.7 Å². The van der Waals surface area contributed by atoms with Crippen LogP contribution >= 0.6 is 0 Å². The molecule has 168 valence electrons. The number of hydrogen-bond acceptors (Lipinski definition) is 5. The minimum Gasteiger partial charge on any atom is -0.481 e. The van der Waals surface area contributed by atoms with Crippen molar-refractivity contribution in [2.45, 2.75) is 44.7 Å². The van der Waals surface area contributed by atoms with E-state index in [0.717, 1.165) is 0 Å². The summed E-state index contributed by atoms with van der Waals surface area (Å²) >= 11 is 0. The molecule has 0 bridgehead atoms. The van der Waals surface area contributed by atoms with E-state index in [2.05, 4.69) is 11.2 Å². The number of nitrogens with two attached hydrogens (primary N) is 1. The van der Waals surface area contributed by atoms with Gasteiger partial charge in [-0.15, -0.1) is 16.4 Å². The number of ether oxygens (including phenoxy) is 1. The number of unbranched alkanes of at least 4 members (excludes halogenated alkanes) is 1. The van der Waals surface area contributed by atoms with Crippen LogP contribution in [0.5, 0.6) is 5.75 Å². The number of rotatable bonds is 11. The van der Waals surface area contributed by atoms with Crippen LogP contribution < -0.4 is 21.3 Å². The number of nitrogens with zero attached hydrogens (tertiary/aromatic N) is 1. The van der Waals surface area contributed by atoms with E-state index in [-0.39, 0.29) is 18.4 Å². The van der Waals surface area contributed by atoms with E-state index in [9.17, 15) is 18.9 Å². The van der Waals surface area contributed by atoms with Crippen LogP contribution in [0, 0.1) is 18.3 Å². The van der Waals surface area contributed by atoms with E-state index in [1.54, 1.807) is 24.3 Å². The lowest BCUT2D eigenvalue weighted by molar-refractivity contribution is -0.146. The molecule has 1 saturated heterocycles. The molecule has 1 unspecified atom stereocenters. The molecule has 1 fully saturated rings. The van der Waals surface area contributed by atoms with Gasteiger partial charge in [-0.2, -0.15) is 0 Å². The normalized spacial score (nSPS) is 19.4. The first kappa shape index (κ1) is 24.2. The summed E-state index contributed by atoms with van der Waals surface area (Å²) in [6.07, 6.45) is 7.03. The monoisotopic (exact) mass is 432 g/mol. The Morgan fingerprint density at radius 1 is 1.35 bits per heavy atom. The Morgan fingerprint density at radius 2 is 2.06 bits per heavy atom. The Labute approximate surface area is 181 Å². The fourth-order valence-electron chi connectivity index (χ4n) is 3.62. The Kier molecular flexibility index (Phi) is 9.28. The quantitative estimate of drug-likeness (QED) is 0.276. The van der Waals surface area contributed by atoms with E-state index in [1.807, 2.05) is 6.92 Å². The lowest BCUT2D eigenvalue weighted by atomic mass is 9.93. The molecule has 0 aliphatic carbocycles. The number of hydrogen-bond donors (Lipinski definition) is 3. The van der Waals surface area contributed by atoms with Crippen molar-refractivity contribution in [1.82, 2.24) is 15.8 Å². The molecule has 0 aromatic heterocycles. The molecule has 1 heterocycles. The van der Waals surface area contributed by atoms with Crippen molar-refractivity contribution in [2.75, 3.05) is 19.7 Å². The summed E-state index contributed by atoms with van der Waals surface area (Å²) in [7, 11) is 0. The molecule has 0 spiro atoms. The highest BCUT2D eigenvalue weighted by Gasteiger charge is 2.38. The summed E-state index contributed by atoms with van der Waals surface area (Å²) in [5.41, 5.74) is 7.51. The number of primary amides is 1. The number of carbonyl (C=O) groups is 3. The number of piperidine rings is 1. The molecule has 1 aliphatic rings. The highest BCUT2D eigenvalue weighted by Crippen LogP contribution is 2.22. The summed E-state index contributed by atoms with van der Waals surface area (Å²) in [6.45, 7) is 2.82. The van der Waals surface area contributed by atoms with Gasteiger partial charge in [0.1, 0.15) is 24.4 Å². The van der Waals surface area contributed by atoms with Crippen LogP contribution in [0.25, 0.3) is 0 Å². The third-order valence-corrected chi connectivity index (χ3v) is 5.19. The van der Waals surface area contributed by atoms with Crippen LogP contribution in [-0.2, 0) is 9.59 Å². The van der Waals surface area contributed by atoms with E-state index >= 15 is 0 Å². The number of halogens is 1. The van der Waals surface area contributed by atoms with Gasteiger partial charge in [0.2, 0.25) is 11.8 Å². The molecule has 1 aromatic rings. The second kappa shape index (κ2) is 11.9. The van der Waals surface area contributed by atoms with Gasteiger partial charge in [-0.25, -0.2) is 0 Å². The fraction of sp³-hybridized carbons (Fsp3) is 0.500. The molecule has 0 saturated carbocycles. The van der Waals surface area contributed by atoms with Gasteiger partial charge >= 0.3 is 0 Å². The number of benzene rings is 1. The highest BCUT2D eigenvalue weighted by atomic mass is 19.2. The largest absolute Gasteiger partial charge is 0.481 e. The second-order valence-corrected chi connectivity index (χ2v) is 7.68. The predicted octanol–water partition coefficient (Wildman–Crippen LogP) is 1.16. The van der Waals surface area contributed by atoms with Crippen molar-refractivity contribution in [1.29, 1.82) is 0 Å². The zero-order chi connectivity index (χ0) is 22.8. The standard InChI is InChI=1S/C22H29FN4O4/c1-3-12-31-17-9-7-16(8-10-17)21(29)25-11-5-4-6-19(20(24)28)27-14-15(2)13-18(26-23)22(27)30/h1,7-10,15,18-19,26H,4-6,11-14H2,2H3,(H2,24,28)(H,25,29)/t15?,18-,19-/m0/s1. The zero-order valence-electron chi connectivity index (χ0n) is 17.6. The molecule has 3 amide bonds. The highest BCUT2D eigenvalue weighted by molar-refractivity contribution is 5.94. The summed E-state index contributed by atoms with van der Waals surface area (Å²) in [5.74, 6) is 1.70. The molecule has 1 aliphatic heterocycles. The molecule has 2 rings (SSSR count). The van der Waals surface area contributed by atoms with E-state index < -0.39 is 23.9 Å². The van der Waals surface area contributed by atoms with Gasteiger partial charge < -0.3 is 20.7 Å². The number of likely N-dealkylation sites (tertiary alicyclic amines) is 1. The van der Waals surface area contributed by atoms with E-state index in [0.29, 0.717) is 50.1 Å². The molecule has 1 aromatic carbocycles. The van der Waals surface area contributed by atoms with Crippen LogP contribution in [0.15, 0.2) is 24.3 Å². The average molecular weight is 432 g/mol. The lowest BCUT2D eigenvalue weighted by Crippen LogP contribution is -2.58. The summed E-state index contributed by atoms with van der Waals surface area (Å²) in [4.78, 5) is 37.9. The molecule has 3 atom stereocenters. The second-order valence-electron chi connectivity index (χ2n) is 7.68. The minimum atomic E-state index is -0.951. The number of nitrogens with one attached hydrogen (secondary N) is 2. The first-order chi connectivity index (χ1) is 14.9. The molecule has 9 heteroatoms. The smallest absolute Gasteiger partial charge is 0.251 e. The Morgan fingerprint density at radius 3 is 2.68 bits per heavy atom. The molecule has 31 heavy (non-hydrogen) atoms. The lowest BCUT2D eigenvalue weighted by Gasteiger charge is -2.38. The third kappa shape index (κ3) is 6.96. The van der Waals surface area contributed by atoms with Gasteiger partial charge in [0.05, 0.1) is 0 Å². The minimum absolute atomic E-state index is 0.0513. The molecular weight excluding hydrogens is 403 g/mol. The molecule has 0 radical (unpaired) electrons. The van der Waals surface area contributed by atoms with Crippen LogP contribution in [-0.4, -0.2) is 54.4 Å². The number of carbonyl (C=O) groups excluding carboxylic acids is 3. The average Bonchev–Trinajstić information content (AvgIpc) is 2.76. The van der Waals surface area contributed by atoms with Crippen molar-refractivity contribution >= 4 is 17.7 Å². The zero-order valence-corrected chi connectivity index (χ0v) is 17.6. The Hall–Kier alpha value is -3.12. The first-order valence-electron chi connectivity index (χ1n) is 10.3. The van der Waals surface area contributed by atoms with Gasteiger partial charge in [-0.05, 0) is 55.9 Å². The van der Waals surface area contributed by atoms with Crippen molar-refractivity contribution < 1.29 is 23.6 Å². The predicted molar refractivity (Wildman–Crippen MR) is 113 cm³/mol. The topological polar surface area (TPSA) is 114 Å². The van der Waals surface area contributed by atoms with Crippen LogP contribution in [0.1, 0.15) is 43.0 Å². The SMILES string of the molecule is C#CCOc1ccc(C(=O)NCCCC[C@@H](C(N)=O)N2CC(C)C[C@H](NF)C2=O)cc1. The van der Waals surface area contributed by atoms with Gasteiger partial charge in [0.15, 0.2) is 0 Å². The van der Waals surface area contributed by atoms with Crippen molar-refractivity contribution in [3.8, 4) is 18.1 Å². The number of amides is 3. The van der Waals surface area contributed by atoms with Crippen LogP contribution in [0.2, 0.25) is 0 Å². The maximum atomic E-state index is 12.9. The van der Waals surface area contributed by atoms with Gasteiger partial charge in [-0.1, -0.05) is 12.8 Å². The fourth-order valence-corrected chi connectivity index (χ4v) is 3.62. The maximum Gasteiger partial charge on any atom is 0.251 e. The van der Waals surface area contributed by atoms with Crippen molar-refractivity contribution in [3.05, 3.63) is 29.8 Å². The Balaban J connectivity index is 1.79. The van der Waals surface area contributed by atoms with Crippen molar-refractivity contribution in [3.63, 3.8) is 0 Å². The van der Waals surface area contributed by atoms with Gasteiger partial charge in [-0.3, -0.25) is 14.4 Å². The summed E-state index contributed by atoms with van der Waals surface area (Å²) in [5, 5.41) is 2.81. The Bertz CT molecular complexity index is 809. The van der Waals surface area contributed by atoms with Crippen LogP contribution in [0.3, 0.4) is 0 Å². The summed E-state index contributed by atoms with van der Waals surface area (Å²) < 4.78 is 18.2. The van der Waals surface area contributed by atoms with Crippen molar-refractivity contribution in [2.24, 2.45) is 11.7 Å². The van der Waals surface area contributed by atoms with Crippen LogP contribution in [0.4, 0.5) is 4.48 Å². The molecular formula is C22H29FN4O4. The van der Waals surface area contributed by atoms with Gasteiger partial charge in [0.25, 0.3) is 5.91 Å². The maximum absolute atomic E-state index is 12.9.